The molecular weight excluding hydrogens is 587 g/mol. The lowest BCUT2D eigenvalue weighted by Crippen LogP contribution is -2.30. The van der Waals surface area contributed by atoms with Crippen LogP contribution in [0.5, 0.6) is 0 Å². The van der Waals surface area contributed by atoms with E-state index in [1.54, 1.807) is 73.1 Å². The lowest BCUT2D eigenvalue weighted by Gasteiger charge is -2.16. The number of amides is 3. The summed E-state index contributed by atoms with van der Waals surface area (Å²) < 4.78 is 23.0. The molecule has 1 heterocycles. The number of anilines is 2. The Morgan fingerprint density at radius 3 is 2.30 bits per heavy atom. The van der Waals surface area contributed by atoms with Crippen molar-refractivity contribution in [3.05, 3.63) is 120 Å². The van der Waals surface area contributed by atoms with Crippen molar-refractivity contribution < 1.29 is 22.8 Å². The second-order valence-electron chi connectivity index (χ2n) is 9.22. The Bertz CT molecular complexity index is 1730. The molecule has 3 aromatic carbocycles. The Morgan fingerprint density at radius 1 is 0.907 bits per heavy atom. The first kappa shape index (κ1) is 31.2. The van der Waals surface area contributed by atoms with Crippen LogP contribution in [0.15, 0.2) is 119 Å². The molecule has 1 aromatic heterocycles. The van der Waals surface area contributed by atoms with Crippen LogP contribution in [0.25, 0.3) is 6.08 Å². The average molecular weight is 616 g/mol. The fraction of sp³-hybridized carbons (Fsp3) is 0.0968. The first-order chi connectivity index (χ1) is 20.6. The zero-order chi connectivity index (χ0) is 30.8. The molecule has 0 radical (unpaired) electrons. The summed E-state index contributed by atoms with van der Waals surface area (Å²) in [6.45, 7) is 1.87. The third-order valence-corrected chi connectivity index (χ3v) is 8.30. The molecule has 1 atom stereocenters. The van der Waals surface area contributed by atoms with Crippen LogP contribution in [0.2, 0.25) is 0 Å². The van der Waals surface area contributed by atoms with Gasteiger partial charge in [0.05, 0.1) is 10.1 Å². The molecule has 5 N–H and O–H groups in total. The van der Waals surface area contributed by atoms with Crippen molar-refractivity contribution in [2.45, 2.75) is 28.4 Å². The summed E-state index contributed by atoms with van der Waals surface area (Å²) in [6, 6.07) is 24.6. The highest BCUT2D eigenvalue weighted by molar-refractivity contribution is 8.00. The maximum Gasteiger partial charge on any atom is 0.272 e. The molecule has 12 heteroatoms. The quantitative estimate of drug-likeness (QED) is 0.141. The van der Waals surface area contributed by atoms with Crippen molar-refractivity contribution >= 4 is 57.0 Å². The van der Waals surface area contributed by atoms with Crippen molar-refractivity contribution in [1.82, 2.24) is 10.3 Å². The van der Waals surface area contributed by atoms with Gasteiger partial charge in [-0.1, -0.05) is 37.3 Å². The van der Waals surface area contributed by atoms with Gasteiger partial charge in [-0.3, -0.25) is 19.4 Å². The van der Waals surface area contributed by atoms with Crippen LogP contribution in [-0.4, -0.2) is 36.4 Å². The summed E-state index contributed by atoms with van der Waals surface area (Å²) >= 11 is 1.31. The molecule has 3 amide bonds. The lowest BCUT2D eigenvalue weighted by molar-refractivity contribution is -0.116. The maximum atomic E-state index is 13.3. The van der Waals surface area contributed by atoms with Gasteiger partial charge in [0.25, 0.3) is 11.8 Å². The predicted molar refractivity (Wildman–Crippen MR) is 168 cm³/mol. The number of rotatable bonds is 11. The van der Waals surface area contributed by atoms with E-state index in [1.807, 2.05) is 13.0 Å². The number of primary sulfonamides is 1. The highest BCUT2D eigenvalue weighted by Crippen LogP contribution is 2.29. The van der Waals surface area contributed by atoms with Crippen LogP contribution < -0.4 is 21.1 Å². The van der Waals surface area contributed by atoms with E-state index in [0.717, 1.165) is 4.90 Å². The van der Waals surface area contributed by atoms with Crippen molar-refractivity contribution in [1.29, 1.82) is 0 Å². The van der Waals surface area contributed by atoms with Crippen LogP contribution in [0.3, 0.4) is 0 Å². The fourth-order valence-corrected chi connectivity index (χ4v) is 5.38. The smallest absolute Gasteiger partial charge is 0.272 e. The average Bonchev–Trinajstić information content (AvgIpc) is 3.00. The molecule has 0 aliphatic rings. The maximum absolute atomic E-state index is 13.3. The number of carbonyl (C=O) groups excluding carboxylic acids is 3. The van der Waals surface area contributed by atoms with Gasteiger partial charge in [0, 0.05) is 34.2 Å². The number of benzene rings is 3. The zero-order valence-corrected chi connectivity index (χ0v) is 24.7. The van der Waals surface area contributed by atoms with E-state index in [0.29, 0.717) is 28.9 Å². The van der Waals surface area contributed by atoms with Gasteiger partial charge < -0.3 is 16.0 Å². The van der Waals surface area contributed by atoms with Crippen LogP contribution in [0, 0.1) is 0 Å². The van der Waals surface area contributed by atoms with Gasteiger partial charge in [-0.05, 0) is 78.7 Å². The Kier molecular flexibility index (Phi) is 10.4. The number of hydrogen-bond donors (Lipinski definition) is 4. The van der Waals surface area contributed by atoms with E-state index in [1.165, 1.54) is 42.1 Å². The number of sulfonamides is 1. The number of hydrogen-bond acceptors (Lipinski definition) is 7. The number of nitrogens with two attached hydrogens (primary N) is 1. The van der Waals surface area contributed by atoms with Gasteiger partial charge in [0.1, 0.15) is 5.70 Å². The molecule has 0 saturated carbocycles. The molecule has 4 aromatic rings. The minimum Gasteiger partial charge on any atom is -0.325 e. The summed E-state index contributed by atoms with van der Waals surface area (Å²) in [6.07, 6.45) is 5.22. The molecule has 4 rings (SSSR count). The van der Waals surface area contributed by atoms with Gasteiger partial charge in [-0.15, -0.1) is 11.8 Å². The number of nitrogens with zero attached hydrogens (tertiary/aromatic N) is 1. The number of aromatic nitrogens is 1. The summed E-state index contributed by atoms with van der Waals surface area (Å²) in [5.41, 5.74) is 1.95. The van der Waals surface area contributed by atoms with E-state index in [9.17, 15) is 22.8 Å². The Balaban J connectivity index is 1.46. The first-order valence-corrected chi connectivity index (χ1v) is 15.5. The normalized spacial score (nSPS) is 12.2. The summed E-state index contributed by atoms with van der Waals surface area (Å²) in [7, 11) is -3.84. The van der Waals surface area contributed by atoms with Crippen molar-refractivity contribution in [2.75, 3.05) is 10.6 Å². The molecule has 0 fully saturated rings. The minimum atomic E-state index is -3.84. The van der Waals surface area contributed by atoms with Gasteiger partial charge >= 0.3 is 0 Å². The van der Waals surface area contributed by atoms with E-state index in [-0.39, 0.29) is 16.5 Å². The summed E-state index contributed by atoms with van der Waals surface area (Å²) in [5, 5.41) is 13.0. The molecule has 0 bridgehead atoms. The second-order valence-corrected chi connectivity index (χ2v) is 12.1. The highest BCUT2D eigenvalue weighted by atomic mass is 32.2. The van der Waals surface area contributed by atoms with Crippen molar-refractivity contribution in [2.24, 2.45) is 5.14 Å². The molecule has 0 aliphatic carbocycles. The minimum absolute atomic E-state index is 0.0270. The summed E-state index contributed by atoms with van der Waals surface area (Å²) in [5.74, 6) is -1.25. The third kappa shape index (κ3) is 9.10. The molecular formula is C31H29N5O5S2. The Morgan fingerprint density at radius 2 is 1.65 bits per heavy atom. The highest BCUT2D eigenvalue weighted by Gasteiger charge is 2.20. The largest absolute Gasteiger partial charge is 0.325 e. The molecule has 1 unspecified atom stereocenters. The number of pyridine rings is 1. The van der Waals surface area contributed by atoms with E-state index < -0.39 is 27.1 Å². The van der Waals surface area contributed by atoms with E-state index >= 15 is 0 Å². The van der Waals surface area contributed by atoms with Gasteiger partial charge in [-0.2, -0.15) is 0 Å². The predicted octanol–water partition coefficient (Wildman–Crippen LogP) is 4.65. The van der Waals surface area contributed by atoms with Crippen LogP contribution in [0.1, 0.15) is 29.3 Å². The van der Waals surface area contributed by atoms with Crippen LogP contribution >= 0.6 is 11.8 Å². The Labute approximate surface area is 253 Å². The lowest BCUT2D eigenvalue weighted by atomic mass is 10.2. The number of carbonyl (C=O) groups is 3. The third-order valence-electron chi connectivity index (χ3n) is 6.01. The molecule has 0 spiro atoms. The molecule has 10 nitrogen and oxygen atoms in total. The Hall–Kier alpha value is -4.78. The van der Waals surface area contributed by atoms with Crippen LogP contribution in [0.4, 0.5) is 11.4 Å². The molecule has 0 aliphatic heterocycles. The second kappa shape index (κ2) is 14.4. The fourth-order valence-electron chi connectivity index (χ4n) is 3.85. The zero-order valence-electron chi connectivity index (χ0n) is 23.1. The van der Waals surface area contributed by atoms with Gasteiger partial charge in [0.2, 0.25) is 15.9 Å². The van der Waals surface area contributed by atoms with Crippen molar-refractivity contribution in [3.63, 3.8) is 0 Å². The topological polar surface area (TPSA) is 160 Å². The first-order valence-electron chi connectivity index (χ1n) is 13.1. The van der Waals surface area contributed by atoms with Crippen LogP contribution in [-0.2, 0) is 19.6 Å². The van der Waals surface area contributed by atoms with Gasteiger partial charge in [0.15, 0.2) is 0 Å². The summed E-state index contributed by atoms with van der Waals surface area (Å²) in [4.78, 5) is 43.9. The van der Waals surface area contributed by atoms with E-state index in [2.05, 4.69) is 20.9 Å². The number of thioether (sulfide) groups is 1. The van der Waals surface area contributed by atoms with Crippen molar-refractivity contribution in [3.8, 4) is 0 Å². The standard InChI is InChI=1S/C31H29N5O5S2/c1-2-28(31(39)34-23-13-15-26(16-14-23)43(32,40)41)42-25-12-6-11-24(19-25)35-30(38)27(18-21-8-7-17-33-20-21)36-29(37)22-9-4-3-5-10-22/h3-20,28H,2H2,1H3,(H,34,39)(H,35,38)(H,36,37)(H2,32,40,41)/b27-18-. The SMILES string of the molecule is CCC(Sc1cccc(NC(=O)/C(=C/c2cccnc2)NC(=O)c2ccccc2)c1)C(=O)Nc1ccc(S(N)(=O)=O)cc1. The molecule has 0 saturated heterocycles. The monoisotopic (exact) mass is 615 g/mol. The van der Waals surface area contributed by atoms with E-state index in [4.69, 9.17) is 5.14 Å². The number of nitrogens with one attached hydrogen (secondary N) is 3. The molecule has 43 heavy (non-hydrogen) atoms. The molecule has 220 valence electrons. The van der Waals surface area contributed by atoms with Gasteiger partial charge in [-0.25, -0.2) is 13.6 Å².